The highest BCUT2D eigenvalue weighted by Gasteiger charge is 2.12. The van der Waals surface area contributed by atoms with Crippen molar-refractivity contribution in [2.45, 2.75) is 13.8 Å². The van der Waals surface area contributed by atoms with Gasteiger partial charge >= 0.3 is 5.97 Å². The molecule has 3 aromatic rings. The molecule has 0 aliphatic carbocycles. The highest BCUT2D eigenvalue weighted by molar-refractivity contribution is 7.07. The van der Waals surface area contributed by atoms with Crippen molar-refractivity contribution in [2.75, 3.05) is 0 Å². The number of fused-ring (bicyclic) bond motifs is 1. The largest absolute Gasteiger partial charge is 0.408 e. The van der Waals surface area contributed by atoms with E-state index in [1.165, 1.54) is 29.8 Å². The van der Waals surface area contributed by atoms with Crippen LogP contribution in [-0.2, 0) is 4.79 Å². The summed E-state index contributed by atoms with van der Waals surface area (Å²) < 4.78 is 6.34. The molecule has 3 rings (SSSR count). The molecule has 2 aromatic carbocycles. The second-order valence-electron chi connectivity index (χ2n) is 4.95. The molecule has 0 spiro atoms. The Balaban J connectivity index is 2.12. The van der Waals surface area contributed by atoms with Crippen molar-refractivity contribution in [3.8, 4) is 5.88 Å². The zero-order valence-corrected chi connectivity index (χ0v) is 13.5. The lowest BCUT2D eigenvalue weighted by Gasteiger charge is -2.03. The Hall–Kier alpha value is -2.73. The molecule has 0 bridgehead atoms. The second kappa shape index (κ2) is 6.18. The van der Waals surface area contributed by atoms with Crippen molar-refractivity contribution in [2.24, 2.45) is 4.99 Å². The maximum Gasteiger partial charge on any atom is 0.309 e. The van der Waals surface area contributed by atoms with Gasteiger partial charge in [0, 0.05) is 13.8 Å². The summed E-state index contributed by atoms with van der Waals surface area (Å²) in [4.78, 5) is 28.0. The molecule has 0 aliphatic heterocycles. The first kappa shape index (κ1) is 15.2. The fraction of sp³-hybridized carbons (Fsp3) is 0.118. The van der Waals surface area contributed by atoms with Gasteiger partial charge in [0.25, 0.3) is 0 Å². The molecule has 0 saturated heterocycles. The van der Waals surface area contributed by atoms with Gasteiger partial charge in [-0.15, -0.1) is 11.3 Å². The van der Waals surface area contributed by atoms with Crippen LogP contribution >= 0.6 is 11.3 Å². The van der Waals surface area contributed by atoms with Gasteiger partial charge in [0.15, 0.2) is 4.80 Å². The van der Waals surface area contributed by atoms with E-state index in [9.17, 15) is 9.59 Å². The van der Waals surface area contributed by atoms with Crippen LogP contribution in [0.5, 0.6) is 5.88 Å². The lowest BCUT2D eigenvalue weighted by atomic mass is 10.1. The summed E-state index contributed by atoms with van der Waals surface area (Å²) in [5, 5.41) is 3.79. The predicted octanol–water partition coefficient (Wildman–Crippen LogP) is 3.52. The summed E-state index contributed by atoms with van der Waals surface area (Å²) in [5.74, 6) is -0.549. The zero-order valence-electron chi connectivity index (χ0n) is 12.6. The van der Waals surface area contributed by atoms with E-state index < -0.39 is 5.97 Å². The lowest BCUT2D eigenvalue weighted by Crippen LogP contribution is -2.22. The minimum Gasteiger partial charge on any atom is -0.408 e. The van der Waals surface area contributed by atoms with Crippen LogP contribution in [0.4, 0.5) is 5.69 Å². The van der Waals surface area contributed by atoms with E-state index in [1.807, 2.05) is 42.5 Å². The standard InChI is InChI=1S/C17H14N2O3S/c1-11(20)19-16(22-12(2)21)10-23-17(19)18-15-8-7-13-5-3-4-6-14(13)9-15/h3-10H,1-2H3. The maximum absolute atomic E-state index is 11.9. The van der Waals surface area contributed by atoms with Crippen molar-refractivity contribution in [1.82, 2.24) is 4.57 Å². The van der Waals surface area contributed by atoms with E-state index in [4.69, 9.17) is 4.74 Å². The Kier molecular flexibility index (Phi) is 4.08. The highest BCUT2D eigenvalue weighted by Crippen LogP contribution is 2.21. The van der Waals surface area contributed by atoms with Crippen LogP contribution < -0.4 is 9.54 Å². The molecule has 0 radical (unpaired) electrons. The van der Waals surface area contributed by atoms with Crippen LogP contribution in [0.2, 0.25) is 0 Å². The smallest absolute Gasteiger partial charge is 0.309 e. The fourth-order valence-corrected chi connectivity index (χ4v) is 3.08. The van der Waals surface area contributed by atoms with Crippen molar-refractivity contribution in [3.63, 3.8) is 0 Å². The van der Waals surface area contributed by atoms with Gasteiger partial charge in [-0.2, -0.15) is 0 Å². The fourth-order valence-electron chi connectivity index (χ4n) is 2.24. The Morgan fingerprint density at radius 1 is 1.09 bits per heavy atom. The summed E-state index contributed by atoms with van der Waals surface area (Å²) in [6, 6.07) is 13.8. The van der Waals surface area contributed by atoms with E-state index >= 15 is 0 Å². The molecular formula is C17H14N2O3S. The quantitative estimate of drug-likeness (QED) is 0.677. The SMILES string of the molecule is CC(=O)Oc1csc(=Nc2ccc3ccccc3c2)n1C(C)=O. The van der Waals surface area contributed by atoms with E-state index in [-0.39, 0.29) is 11.8 Å². The minimum absolute atomic E-state index is 0.189. The Morgan fingerprint density at radius 3 is 2.52 bits per heavy atom. The van der Waals surface area contributed by atoms with Gasteiger partial charge in [0.05, 0.1) is 11.1 Å². The number of esters is 1. The lowest BCUT2D eigenvalue weighted by molar-refractivity contribution is -0.132. The number of hydrogen-bond acceptors (Lipinski definition) is 5. The number of carbonyl (C=O) groups excluding carboxylic acids is 2. The molecule has 116 valence electrons. The first-order valence-electron chi connectivity index (χ1n) is 6.98. The van der Waals surface area contributed by atoms with Crippen LogP contribution in [0.25, 0.3) is 10.8 Å². The summed E-state index contributed by atoms with van der Waals surface area (Å²) >= 11 is 1.24. The molecular weight excluding hydrogens is 312 g/mol. The third-order valence-corrected chi connectivity index (χ3v) is 4.00. The van der Waals surface area contributed by atoms with Gasteiger partial charge in [-0.25, -0.2) is 9.56 Å². The van der Waals surface area contributed by atoms with Crippen molar-refractivity contribution < 1.29 is 14.3 Å². The molecule has 23 heavy (non-hydrogen) atoms. The molecule has 0 saturated carbocycles. The first-order chi connectivity index (χ1) is 11.0. The Bertz CT molecular complexity index is 969. The molecule has 5 nitrogen and oxygen atoms in total. The molecule has 0 N–H and O–H groups in total. The molecule has 0 unspecified atom stereocenters. The maximum atomic E-state index is 11.9. The number of nitrogens with zero attached hydrogens (tertiary/aromatic N) is 2. The number of aromatic nitrogens is 1. The third kappa shape index (κ3) is 3.22. The molecule has 0 fully saturated rings. The number of carbonyl (C=O) groups is 2. The molecule has 0 atom stereocenters. The second-order valence-corrected chi connectivity index (χ2v) is 5.78. The summed E-state index contributed by atoms with van der Waals surface area (Å²) in [6.07, 6.45) is 0. The van der Waals surface area contributed by atoms with Gasteiger partial charge in [0.1, 0.15) is 0 Å². The van der Waals surface area contributed by atoms with Gasteiger partial charge in [-0.3, -0.25) is 9.59 Å². The molecule has 1 heterocycles. The monoisotopic (exact) mass is 326 g/mol. The van der Waals surface area contributed by atoms with E-state index in [0.29, 0.717) is 4.80 Å². The van der Waals surface area contributed by atoms with Crippen LogP contribution in [-0.4, -0.2) is 16.4 Å². The van der Waals surface area contributed by atoms with Crippen molar-refractivity contribution in [3.05, 3.63) is 52.6 Å². The first-order valence-corrected chi connectivity index (χ1v) is 7.86. The average Bonchev–Trinajstić information content (AvgIpc) is 2.89. The van der Waals surface area contributed by atoms with Crippen molar-refractivity contribution in [1.29, 1.82) is 0 Å². The van der Waals surface area contributed by atoms with Crippen LogP contribution in [0.1, 0.15) is 18.6 Å². The van der Waals surface area contributed by atoms with Crippen LogP contribution in [0.15, 0.2) is 52.8 Å². The van der Waals surface area contributed by atoms with Crippen LogP contribution in [0.3, 0.4) is 0 Å². The third-order valence-electron chi connectivity index (χ3n) is 3.20. The number of benzene rings is 2. The Morgan fingerprint density at radius 2 is 1.83 bits per heavy atom. The highest BCUT2D eigenvalue weighted by atomic mass is 32.1. The molecule has 0 aliphatic rings. The van der Waals surface area contributed by atoms with Gasteiger partial charge in [-0.05, 0) is 22.9 Å². The average molecular weight is 326 g/mol. The molecule has 6 heteroatoms. The summed E-state index contributed by atoms with van der Waals surface area (Å²) in [5.41, 5.74) is 0.731. The normalized spacial score (nSPS) is 11.7. The van der Waals surface area contributed by atoms with E-state index in [2.05, 4.69) is 4.99 Å². The van der Waals surface area contributed by atoms with Crippen molar-refractivity contribution >= 4 is 39.7 Å². The van der Waals surface area contributed by atoms with E-state index in [1.54, 1.807) is 5.38 Å². The number of rotatable bonds is 2. The topological polar surface area (TPSA) is 60.7 Å². The zero-order chi connectivity index (χ0) is 16.4. The number of thiazole rings is 1. The van der Waals surface area contributed by atoms with Gasteiger partial charge < -0.3 is 4.74 Å². The van der Waals surface area contributed by atoms with Gasteiger partial charge in [-0.1, -0.05) is 30.3 Å². The predicted molar refractivity (Wildman–Crippen MR) is 89.1 cm³/mol. The van der Waals surface area contributed by atoms with Gasteiger partial charge in [0.2, 0.25) is 11.8 Å². The summed E-state index contributed by atoms with van der Waals surface area (Å²) in [6.45, 7) is 2.70. The van der Waals surface area contributed by atoms with Crippen LogP contribution in [0, 0.1) is 0 Å². The number of hydrogen-bond donors (Lipinski definition) is 0. The summed E-state index contributed by atoms with van der Waals surface area (Å²) in [7, 11) is 0. The molecule has 0 amide bonds. The van der Waals surface area contributed by atoms with E-state index in [0.717, 1.165) is 16.5 Å². The minimum atomic E-state index is -0.477. The number of ether oxygens (including phenoxy) is 1. The Labute approximate surface area is 136 Å². The molecule has 1 aromatic heterocycles.